The summed E-state index contributed by atoms with van der Waals surface area (Å²) in [5, 5.41) is -1.15. The molecule has 16 heavy (non-hydrogen) atoms. The van der Waals surface area contributed by atoms with Crippen molar-refractivity contribution in [2.75, 3.05) is 6.61 Å². The SMILES string of the molecule is CCOC(=O)C(Cl)C(=O)CCCC=C(C)C. The predicted octanol–water partition coefficient (Wildman–Crippen LogP) is 2.86. The Labute approximate surface area is 102 Å². The van der Waals surface area contributed by atoms with Crippen molar-refractivity contribution in [2.45, 2.75) is 45.4 Å². The Morgan fingerprint density at radius 1 is 1.38 bits per heavy atom. The van der Waals surface area contributed by atoms with Crippen LogP contribution >= 0.6 is 11.6 Å². The molecule has 0 aliphatic rings. The summed E-state index contributed by atoms with van der Waals surface area (Å²) in [4.78, 5) is 22.6. The molecule has 0 aliphatic carbocycles. The number of allylic oxidation sites excluding steroid dienone is 2. The fraction of sp³-hybridized carbons (Fsp3) is 0.667. The third-order valence-electron chi connectivity index (χ3n) is 1.96. The molecule has 0 N–H and O–H groups in total. The maximum absolute atomic E-state index is 11.5. The fourth-order valence-electron chi connectivity index (χ4n) is 1.14. The molecule has 0 rings (SSSR count). The highest BCUT2D eigenvalue weighted by molar-refractivity contribution is 6.41. The topological polar surface area (TPSA) is 43.4 Å². The zero-order valence-corrected chi connectivity index (χ0v) is 10.8. The number of Topliss-reactive ketones (excluding diaryl/α,β-unsaturated/α-hetero) is 1. The van der Waals surface area contributed by atoms with Gasteiger partial charge in [0.05, 0.1) is 6.61 Å². The van der Waals surface area contributed by atoms with Gasteiger partial charge in [0.25, 0.3) is 0 Å². The lowest BCUT2D eigenvalue weighted by atomic mass is 10.1. The highest BCUT2D eigenvalue weighted by Gasteiger charge is 2.24. The van der Waals surface area contributed by atoms with Gasteiger partial charge in [-0.25, -0.2) is 4.79 Å². The minimum absolute atomic E-state index is 0.243. The Morgan fingerprint density at radius 2 is 2.00 bits per heavy atom. The van der Waals surface area contributed by atoms with Crippen LogP contribution in [0.15, 0.2) is 11.6 Å². The minimum Gasteiger partial charge on any atom is -0.465 e. The molecule has 0 aromatic heterocycles. The standard InChI is InChI=1S/C12H19ClO3/c1-4-16-12(15)11(13)10(14)8-6-5-7-9(2)3/h7,11H,4-6,8H2,1-3H3. The molecule has 1 unspecified atom stereocenters. The van der Waals surface area contributed by atoms with Crippen LogP contribution in [0.1, 0.15) is 40.0 Å². The number of alkyl halides is 1. The van der Waals surface area contributed by atoms with Crippen LogP contribution in [0, 0.1) is 0 Å². The average molecular weight is 247 g/mol. The van der Waals surface area contributed by atoms with Gasteiger partial charge < -0.3 is 4.74 Å². The molecule has 0 aliphatic heterocycles. The summed E-state index contributed by atoms with van der Waals surface area (Å²) in [6.45, 7) is 5.93. The molecule has 0 aromatic carbocycles. The van der Waals surface area contributed by atoms with E-state index < -0.39 is 11.3 Å². The molecular weight excluding hydrogens is 228 g/mol. The van der Waals surface area contributed by atoms with Gasteiger partial charge in [0.15, 0.2) is 11.2 Å². The first kappa shape index (κ1) is 15.2. The number of halogens is 1. The van der Waals surface area contributed by atoms with Gasteiger partial charge in [0.2, 0.25) is 0 Å². The Balaban J connectivity index is 3.88. The normalized spacial score (nSPS) is 11.8. The van der Waals surface area contributed by atoms with Crippen molar-refractivity contribution in [2.24, 2.45) is 0 Å². The number of unbranched alkanes of at least 4 members (excludes halogenated alkanes) is 1. The van der Waals surface area contributed by atoms with Gasteiger partial charge in [-0.05, 0) is 33.6 Å². The quantitative estimate of drug-likeness (QED) is 0.228. The number of ketones is 1. The van der Waals surface area contributed by atoms with Crippen LogP contribution in [0.2, 0.25) is 0 Å². The van der Waals surface area contributed by atoms with Gasteiger partial charge in [-0.2, -0.15) is 0 Å². The first-order valence-corrected chi connectivity index (χ1v) is 5.89. The van der Waals surface area contributed by atoms with E-state index in [1.165, 1.54) is 5.57 Å². The number of carbonyl (C=O) groups is 2. The first-order valence-electron chi connectivity index (χ1n) is 5.45. The van der Waals surface area contributed by atoms with Crippen molar-refractivity contribution in [3.8, 4) is 0 Å². The Morgan fingerprint density at radius 3 is 2.50 bits per heavy atom. The number of rotatable bonds is 7. The number of carbonyl (C=O) groups excluding carboxylic acids is 2. The second-order valence-corrected chi connectivity index (χ2v) is 4.19. The van der Waals surface area contributed by atoms with Gasteiger partial charge in [-0.15, -0.1) is 11.6 Å². The number of hydrogen-bond donors (Lipinski definition) is 0. The number of hydrogen-bond acceptors (Lipinski definition) is 3. The highest BCUT2D eigenvalue weighted by atomic mass is 35.5. The molecule has 0 saturated heterocycles. The van der Waals surface area contributed by atoms with Crippen LogP contribution in [0.4, 0.5) is 0 Å². The molecule has 92 valence electrons. The van der Waals surface area contributed by atoms with Crippen molar-refractivity contribution in [1.82, 2.24) is 0 Å². The van der Waals surface area contributed by atoms with Crippen LogP contribution in [0.5, 0.6) is 0 Å². The lowest BCUT2D eigenvalue weighted by Gasteiger charge is -2.06. The third-order valence-corrected chi connectivity index (χ3v) is 2.38. The average Bonchev–Trinajstić information content (AvgIpc) is 2.23. The fourth-order valence-corrected chi connectivity index (χ4v) is 1.31. The largest absolute Gasteiger partial charge is 0.465 e. The Hall–Kier alpha value is -0.830. The molecule has 0 saturated carbocycles. The van der Waals surface area contributed by atoms with Crippen LogP contribution in [0.25, 0.3) is 0 Å². The molecule has 1 atom stereocenters. The third kappa shape index (κ3) is 6.62. The molecule has 3 nitrogen and oxygen atoms in total. The van der Waals surface area contributed by atoms with E-state index in [0.29, 0.717) is 12.8 Å². The number of esters is 1. The summed E-state index contributed by atoms with van der Waals surface area (Å²) in [7, 11) is 0. The van der Waals surface area contributed by atoms with Gasteiger partial charge in [-0.1, -0.05) is 11.6 Å². The van der Waals surface area contributed by atoms with Gasteiger partial charge in [0, 0.05) is 6.42 Å². The van der Waals surface area contributed by atoms with Crippen molar-refractivity contribution in [3.05, 3.63) is 11.6 Å². The van der Waals surface area contributed by atoms with E-state index in [9.17, 15) is 9.59 Å². The van der Waals surface area contributed by atoms with E-state index >= 15 is 0 Å². The van der Waals surface area contributed by atoms with Crippen molar-refractivity contribution >= 4 is 23.4 Å². The van der Waals surface area contributed by atoms with Crippen LogP contribution in [0.3, 0.4) is 0 Å². The van der Waals surface area contributed by atoms with Crippen LogP contribution in [-0.4, -0.2) is 23.7 Å². The monoisotopic (exact) mass is 246 g/mol. The zero-order chi connectivity index (χ0) is 12.6. The van der Waals surface area contributed by atoms with Crippen molar-refractivity contribution in [3.63, 3.8) is 0 Å². The summed E-state index contributed by atoms with van der Waals surface area (Å²) >= 11 is 5.66. The molecule has 4 heteroatoms. The molecular formula is C12H19ClO3. The van der Waals surface area contributed by atoms with E-state index in [1.807, 2.05) is 13.8 Å². The highest BCUT2D eigenvalue weighted by Crippen LogP contribution is 2.08. The van der Waals surface area contributed by atoms with Crippen LogP contribution < -0.4 is 0 Å². The molecule has 0 heterocycles. The van der Waals surface area contributed by atoms with Gasteiger partial charge in [-0.3, -0.25) is 4.79 Å². The molecule has 0 aromatic rings. The van der Waals surface area contributed by atoms with E-state index in [1.54, 1.807) is 6.92 Å². The van der Waals surface area contributed by atoms with Crippen molar-refractivity contribution in [1.29, 1.82) is 0 Å². The summed E-state index contributed by atoms with van der Waals surface area (Å²) in [6, 6.07) is 0. The second-order valence-electron chi connectivity index (χ2n) is 3.75. The summed E-state index contributed by atoms with van der Waals surface area (Å²) in [5.41, 5.74) is 1.22. The van der Waals surface area contributed by atoms with E-state index in [-0.39, 0.29) is 12.4 Å². The Bertz CT molecular complexity index is 267. The smallest absolute Gasteiger partial charge is 0.331 e. The van der Waals surface area contributed by atoms with Crippen LogP contribution in [-0.2, 0) is 14.3 Å². The Kier molecular flexibility index (Phi) is 7.90. The first-order chi connectivity index (χ1) is 7.49. The summed E-state index contributed by atoms with van der Waals surface area (Å²) in [5.74, 6) is -0.904. The predicted molar refractivity (Wildman–Crippen MR) is 64.6 cm³/mol. The minimum atomic E-state index is -1.15. The second kappa shape index (κ2) is 8.34. The lowest BCUT2D eigenvalue weighted by Crippen LogP contribution is -2.26. The van der Waals surface area contributed by atoms with E-state index in [0.717, 1.165) is 6.42 Å². The maximum atomic E-state index is 11.5. The maximum Gasteiger partial charge on any atom is 0.331 e. The summed E-state index contributed by atoms with van der Waals surface area (Å²) in [6.07, 6.45) is 3.92. The number of ether oxygens (including phenoxy) is 1. The van der Waals surface area contributed by atoms with E-state index in [2.05, 4.69) is 10.8 Å². The molecule has 0 spiro atoms. The molecule has 0 radical (unpaired) electrons. The van der Waals surface area contributed by atoms with Gasteiger partial charge >= 0.3 is 5.97 Å². The van der Waals surface area contributed by atoms with Crippen molar-refractivity contribution < 1.29 is 14.3 Å². The lowest BCUT2D eigenvalue weighted by molar-refractivity contribution is -0.145. The zero-order valence-electron chi connectivity index (χ0n) is 10.1. The molecule has 0 amide bonds. The summed E-state index contributed by atoms with van der Waals surface area (Å²) < 4.78 is 4.67. The molecule has 0 fully saturated rings. The van der Waals surface area contributed by atoms with Gasteiger partial charge in [0.1, 0.15) is 0 Å². The van der Waals surface area contributed by atoms with E-state index in [4.69, 9.17) is 11.6 Å². The molecule has 0 bridgehead atoms.